The second-order valence-corrected chi connectivity index (χ2v) is 12.4. The summed E-state index contributed by atoms with van der Waals surface area (Å²) < 4.78 is 65.5. The number of para-hydroxylation sites is 1. The number of ether oxygens (including phenoxy) is 2. The number of aromatic nitrogens is 2. The van der Waals surface area contributed by atoms with E-state index in [-0.39, 0.29) is 5.75 Å². The molecule has 0 radical (unpaired) electrons. The molecule has 40 heavy (non-hydrogen) atoms. The number of benzene rings is 1. The number of halogens is 2. The maximum atomic E-state index is 14.2. The summed E-state index contributed by atoms with van der Waals surface area (Å²) in [5.41, 5.74) is -0.453. The molecule has 1 aromatic carbocycles. The Morgan fingerprint density at radius 3 is 2.50 bits per heavy atom. The van der Waals surface area contributed by atoms with E-state index >= 15 is 0 Å². The van der Waals surface area contributed by atoms with Crippen molar-refractivity contribution >= 4 is 19.4 Å². The van der Waals surface area contributed by atoms with Crippen LogP contribution in [-0.4, -0.2) is 68.1 Å². The minimum atomic E-state index is -4.29. The number of esters is 1. The number of aliphatic hydroxyl groups is 2. The molecule has 0 amide bonds. The van der Waals surface area contributed by atoms with Gasteiger partial charge in [0.2, 0.25) is 0 Å². The van der Waals surface area contributed by atoms with E-state index in [1.54, 1.807) is 32.0 Å². The topological polar surface area (TPSA) is 172 Å². The van der Waals surface area contributed by atoms with Gasteiger partial charge in [-0.2, -0.15) is 4.98 Å². The normalized spacial score (nSPS) is 25.4. The lowest BCUT2D eigenvalue weighted by molar-refractivity contribution is -0.151. The highest BCUT2D eigenvalue weighted by Crippen LogP contribution is 2.55. The van der Waals surface area contributed by atoms with Crippen molar-refractivity contribution in [3.05, 3.63) is 52.8 Å². The number of nitrogens with zero attached hydrogens (tertiary/aromatic N) is 2. The molecule has 1 saturated heterocycles. The molecule has 3 rings (SSSR count). The van der Waals surface area contributed by atoms with Crippen molar-refractivity contribution in [1.82, 2.24) is 9.55 Å². The summed E-state index contributed by atoms with van der Waals surface area (Å²) in [4.78, 5) is 28.2. The van der Waals surface area contributed by atoms with Crippen LogP contribution in [0.4, 0.5) is 14.6 Å². The van der Waals surface area contributed by atoms with Crippen LogP contribution in [0.5, 0.6) is 5.75 Å². The predicted octanol–water partition coefficient (Wildman–Crippen LogP) is 2.58. The maximum absolute atomic E-state index is 14.2. The van der Waals surface area contributed by atoms with Crippen LogP contribution in [0, 0.1) is 11.7 Å². The van der Waals surface area contributed by atoms with E-state index in [2.05, 4.69) is 4.98 Å². The van der Waals surface area contributed by atoms with Gasteiger partial charge in [0, 0.05) is 0 Å². The van der Waals surface area contributed by atoms with Crippen LogP contribution in [0.3, 0.4) is 0 Å². The van der Waals surface area contributed by atoms with E-state index in [1.807, 2.05) is 0 Å². The molecule has 4 N–H and O–H groups in total. The number of alkyl halides is 1. The largest absolute Gasteiger partial charge is 0.463 e. The van der Waals surface area contributed by atoms with Gasteiger partial charge in [-0.1, -0.05) is 25.1 Å². The number of aliphatic hydroxyl groups excluding tert-OH is 1. The molecule has 0 aliphatic carbocycles. The van der Waals surface area contributed by atoms with Gasteiger partial charge in [0.25, 0.3) is 0 Å². The molecule has 6 atom stereocenters. The average Bonchev–Trinajstić information content (AvgIpc) is 3.12. The number of hydrogen-bond acceptors (Lipinski definition) is 11. The second kappa shape index (κ2) is 11.9. The molecule has 15 heteroatoms. The van der Waals surface area contributed by atoms with E-state index in [4.69, 9.17) is 24.3 Å². The fraction of sp³-hybridized carbons (Fsp3) is 0.560. The van der Waals surface area contributed by atoms with E-state index in [9.17, 15) is 33.1 Å². The molecule has 1 fully saturated rings. The highest BCUT2D eigenvalue weighted by atomic mass is 31.2. The Labute approximate surface area is 229 Å². The fourth-order valence-electron chi connectivity index (χ4n) is 4.26. The Morgan fingerprint density at radius 1 is 1.30 bits per heavy atom. The number of hydrogen-bond donors (Lipinski definition) is 3. The fourth-order valence-corrected chi connectivity index (χ4v) is 6.53. The van der Waals surface area contributed by atoms with Crippen LogP contribution in [0.25, 0.3) is 0 Å². The number of carbonyl (C=O) groups is 1. The number of rotatable bonds is 11. The van der Waals surface area contributed by atoms with Crippen LogP contribution in [0.1, 0.15) is 40.8 Å². The molecular weight excluding hydrogens is 555 g/mol. The quantitative estimate of drug-likeness (QED) is 0.260. The van der Waals surface area contributed by atoms with Crippen molar-refractivity contribution in [2.75, 3.05) is 18.6 Å². The first-order valence-corrected chi connectivity index (χ1v) is 14.2. The summed E-state index contributed by atoms with van der Waals surface area (Å²) in [5.74, 6) is -3.35. The van der Waals surface area contributed by atoms with Gasteiger partial charge >= 0.3 is 19.3 Å². The molecule has 0 saturated carbocycles. The highest BCUT2D eigenvalue weighted by molar-refractivity contribution is 7.54. The molecule has 2 heterocycles. The lowest BCUT2D eigenvalue weighted by Crippen LogP contribution is -2.54. The molecule has 2 aromatic rings. The number of carbonyl (C=O) groups excluding carboxylic acids is 1. The highest BCUT2D eigenvalue weighted by Gasteiger charge is 2.62. The predicted molar refractivity (Wildman–Crippen MR) is 139 cm³/mol. The van der Waals surface area contributed by atoms with E-state index < -0.39 is 85.4 Å². The summed E-state index contributed by atoms with van der Waals surface area (Å²) in [6.45, 7) is 5.80. The van der Waals surface area contributed by atoms with Crippen molar-refractivity contribution in [2.24, 2.45) is 5.92 Å². The van der Waals surface area contributed by atoms with Gasteiger partial charge in [-0.05, 0) is 39.8 Å². The monoisotopic (exact) mass is 589 g/mol. The molecule has 1 unspecified atom stereocenters. The van der Waals surface area contributed by atoms with Crippen molar-refractivity contribution < 1.29 is 46.9 Å². The smallest absolute Gasteiger partial charge is 0.380 e. The molecule has 0 bridgehead atoms. The Kier molecular flexibility index (Phi) is 9.42. The second-order valence-electron chi connectivity index (χ2n) is 10.4. The maximum Gasteiger partial charge on any atom is 0.380 e. The van der Waals surface area contributed by atoms with Crippen LogP contribution in [0.15, 0.2) is 41.3 Å². The lowest BCUT2D eigenvalue weighted by Gasteiger charge is -2.36. The van der Waals surface area contributed by atoms with Crippen molar-refractivity contribution in [3.63, 3.8) is 0 Å². The summed E-state index contributed by atoms with van der Waals surface area (Å²) in [6, 6.07) is 7.95. The van der Waals surface area contributed by atoms with Gasteiger partial charge in [-0.3, -0.25) is 13.9 Å². The number of anilines is 1. The van der Waals surface area contributed by atoms with Crippen LogP contribution >= 0.6 is 7.60 Å². The van der Waals surface area contributed by atoms with E-state index in [0.717, 1.165) is 0 Å². The molecule has 12 nitrogen and oxygen atoms in total. The van der Waals surface area contributed by atoms with Gasteiger partial charge in [0.1, 0.15) is 30.2 Å². The molecular formula is C25H34F2N3O9P. The third kappa shape index (κ3) is 6.69. The summed E-state index contributed by atoms with van der Waals surface area (Å²) in [6.07, 6.45) is -6.01. The zero-order valence-corrected chi connectivity index (χ0v) is 23.6. The summed E-state index contributed by atoms with van der Waals surface area (Å²) in [7, 11) is -4.29. The third-order valence-electron chi connectivity index (χ3n) is 6.20. The van der Waals surface area contributed by atoms with E-state index in [1.165, 1.54) is 32.9 Å². The minimum Gasteiger partial charge on any atom is -0.463 e. The third-order valence-corrected chi connectivity index (χ3v) is 8.43. The van der Waals surface area contributed by atoms with Gasteiger partial charge < -0.3 is 29.9 Å². The van der Waals surface area contributed by atoms with Gasteiger partial charge in [-0.25, -0.2) is 18.1 Å². The SMILES string of the molecule is CC(C)OC(=O)[C@H](C)C[P@](=O)(Oc1ccccc1)OC(C)(C)[C@H]1O[C@@H](n2cc(F)c(N)nc2=O)C(O)(CF)[C@H]1O. The molecule has 222 valence electrons. The summed E-state index contributed by atoms with van der Waals surface area (Å²) in [5, 5.41) is 22.0. The lowest BCUT2D eigenvalue weighted by atomic mass is 9.88. The van der Waals surface area contributed by atoms with Crippen LogP contribution < -0.4 is 15.9 Å². The zero-order chi connectivity index (χ0) is 30.0. The first kappa shape index (κ1) is 31.6. The molecule has 1 aliphatic heterocycles. The Hall–Kier alpha value is -2.90. The van der Waals surface area contributed by atoms with Crippen molar-refractivity contribution in [2.45, 2.75) is 70.4 Å². The Bertz CT molecular complexity index is 1310. The first-order valence-electron chi connectivity index (χ1n) is 12.4. The number of nitrogens with two attached hydrogens (primary N) is 1. The molecule has 0 spiro atoms. The Morgan fingerprint density at radius 2 is 1.93 bits per heavy atom. The zero-order valence-electron chi connectivity index (χ0n) is 22.7. The number of nitrogen functional groups attached to an aromatic ring is 1. The van der Waals surface area contributed by atoms with Gasteiger partial charge in [0.15, 0.2) is 23.5 Å². The standard InChI is InChI=1S/C25H34F2N3O9P/c1-14(2)36-21(32)15(3)12-40(35,38-16-9-7-6-8-10-16)39-24(4,5)19-18(31)25(34,13-26)22(37-19)30-11-17(27)20(28)29-23(30)33/h6-11,14-15,18-19,22,31,34H,12-13H2,1-5H3,(H2,28,29,33)/t15-,18+,19+,22-,25?,40+/m1/s1. The first-order chi connectivity index (χ1) is 18.5. The van der Waals surface area contributed by atoms with Crippen LogP contribution in [0.2, 0.25) is 0 Å². The average molecular weight is 590 g/mol. The van der Waals surface area contributed by atoms with Gasteiger partial charge in [0.05, 0.1) is 24.4 Å². The Balaban J connectivity index is 1.97. The van der Waals surface area contributed by atoms with Crippen LogP contribution in [-0.2, 0) is 23.4 Å². The van der Waals surface area contributed by atoms with Crippen molar-refractivity contribution in [1.29, 1.82) is 0 Å². The van der Waals surface area contributed by atoms with E-state index in [0.29, 0.717) is 10.8 Å². The summed E-state index contributed by atoms with van der Waals surface area (Å²) >= 11 is 0. The molecule has 1 aliphatic rings. The van der Waals surface area contributed by atoms with Gasteiger partial charge in [-0.15, -0.1) is 0 Å². The van der Waals surface area contributed by atoms with Crippen molar-refractivity contribution in [3.8, 4) is 5.75 Å². The minimum absolute atomic E-state index is 0.145. The molecule has 1 aromatic heterocycles.